The molecule has 1 unspecified atom stereocenters. The van der Waals surface area contributed by atoms with E-state index in [0.29, 0.717) is 30.5 Å². The number of hydrogen-bond acceptors (Lipinski definition) is 4. The van der Waals surface area contributed by atoms with E-state index < -0.39 is 15.6 Å². The molecular weight excluding hydrogens is 388 g/mol. The second-order valence-corrected chi connectivity index (χ2v) is 9.86. The number of sulfonamides is 1. The van der Waals surface area contributed by atoms with E-state index in [0.717, 1.165) is 19.3 Å². The topological polar surface area (TPSA) is 103 Å². The van der Waals surface area contributed by atoms with Crippen molar-refractivity contribution in [2.45, 2.75) is 70.9 Å². The molecule has 0 aliphatic heterocycles. The monoisotopic (exact) mass is 426 g/mol. The third-order valence-corrected chi connectivity index (χ3v) is 6.11. The summed E-state index contributed by atoms with van der Waals surface area (Å²) in [6, 6.07) is 6.94. The van der Waals surface area contributed by atoms with E-state index in [9.17, 15) is 13.5 Å². The Morgan fingerprint density at radius 2 is 1.83 bits per heavy atom. The van der Waals surface area contributed by atoms with Crippen LogP contribution in [0.3, 0.4) is 0 Å². The number of aliphatic hydroxyl groups is 1. The lowest BCUT2D eigenvalue weighted by Crippen LogP contribution is -2.41. The van der Waals surface area contributed by atoms with Gasteiger partial charge in [-0.1, -0.05) is 31.5 Å². The molecule has 0 aromatic heterocycles. The molecule has 0 aliphatic rings. The van der Waals surface area contributed by atoms with Crippen LogP contribution in [0, 0.1) is 5.92 Å². The van der Waals surface area contributed by atoms with E-state index >= 15 is 0 Å². The van der Waals surface area contributed by atoms with Crippen molar-refractivity contribution in [2.75, 3.05) is 19.7 Å². The van der Waals surface area contributed by atoms with E-state index in [-0.39, 0.29) is 18.0 Å². The van der Waals surface area contributed by atoms with E-state index in [2.05, 4.69) is 27.3 Å². The van der Waals surface area contributed by atoms with Crippen LogP contribution in [0.25, 0.3) is 0 Å². The van der Waals surface area contributed by atoms with Gasteiger partial charge >= 0.3 is 0 Å². The fourth-order valence-electron chi connectivity index (χ4n) is 3.04. The van der Waals surface area contributed by atoms with E-state index in [1.54, 1.807) is 18.2 Å². The molecule has 7 nitrogen and oxygen atoms in total. The van der Waals surface area contributed by atoms with Gasteiger partial charge in [-0.3, -0.25) is 0 Å². The molecule has 0 aliphatic carbocycles. The van der Waals surface area contributed by atoms with Crippen molar-refractivity contribution in [2.24, 2.45) is 10.9 Å². The molecule has 4 N–H and O–H groups in total. The van der Waals surface area contributed by atoms with Gasteiger partial charge in [-0.05, 0) is 58.1 Å². The third kappa shape index (κ3) is 9.60. The molecule has 1 aromatic rings. The van der Waals surface area contributed by atoms with Crippen LogP contribution >= 0.6 is 0 Å². The third-order valence-electron chi connectivity index (χ3n) is 4.25. The Morgan fingerprint density at radius 1 is 1.14 bits per heavy atom. The van der Waals surface area contributed by atoms with E-state index in [1.807, 2.05) is 33.8 Å². The fourth-order valence-corrected chi connectivity index (χ4v) is 4.69. The molecule has 0 bridgehead atoms. The largest absolute Gasteiger partial charge is 0.396 e. The van der Waals surface area contributed by atoms with Crippen molar-refractivity contribution in [3.63, 3.8) is 0 Å². The molecule has 0 spiro atoms. The van der Waals surface area contributed by atoms with Gasteiger partial charge in [-0.25, -0.2) is 18.1 Å². The number of aliphatic hydroxyl groups excluding tert-OH is 1. The maximum Gasteiger partial charge on any atom is 0.241 e. The predicted octanol–water partition coefficient (Wildman–Crippen LogP) is 2.62. The fraction of sp³-hybridized carbons (Fsp3) is 0.667. The number of benzene rings is 1. The average Bonchev–Trinajstić information content (AvgIpc) is 2.62. The molecule has 166 valence electrons. The molecular formula is C21H38N4O3S. The summed E-state index contributed by atoms with van der Waals surface area (Å²) in [5.74, 6) is 1.01. The zero-order valence-corrected chi connectivity index (χ0v) is 19.3. The highest BCUT2D eigenvalue weighted by molar-refractivity contribution is 7.89. The molecule has 29 heavy (non-hydrogen) atoms. The van der Waals surface area contributed by atoms with Crippen LogP contribution in [0.2, 0.25) is 0 Å². The van der Waals surface area contributed by atoms with Gasteiger partial charge in [-0.15, -0.1) is 0 Å². The van der Waals surface area contributed by atoms with Gasteiger partial charge in [-0.2, -0.15) is 0 Å². The second kappa shape index (κ2) is 12.1. The Balaban J connectivity index is 2.97. The number of guanidine groups is 1. The number of nitrogens with zero attached hydrogens (tertiary/aromatic N) is 1. The van der Waals surface area contributed by atoms with Gasteiger partial charge in [0.1, 0.15) is 0 Å². The molecule has 0 saturated heterocycles. The van der Waals surface area contributed by atoms with Crippen LogP contribution < -0.4 is 15.4 Å². The summed E-state index contributed by atoms with van der Waals surface area (Å²) in [6.45, 7) is 11.4. The highest BCUT2D eigenvalue weighted by Crippen LogP contribution is 2.18. The highest BCUT2D eigenvalue weighted by atomic mass is 32.2. The SMILES string of the molecule is CCCC(CCO)CNC(=NCc1ccccc1S(=O)(=O)NC(C)(C)C)NCC. The lowest BCUT2D eigenvalue weighted by molar-refractivity contribution is 0.251. The van der Waals surface area contributed by atoms with Crippen molar-refractivity contribution < 1.29 is 13.5 Å². The molecule has 1 rings (SSSR count). The van der Waals surface area contributed by atoms with Gasteiger partial charge in [0, 0.05) is 25.2 Å². The van der Waals surface area contributed by atoms with Crippen LogP contribution in [0.5, 0.6) is 0 Å². The lowest BCUT2D eigenvalue weighted by Gasteiger charge is -2.21. The number of hydrogen-bond donors (Lipinski definition) is 4. The molecule has 8 heteroatoms. The number of rotatable bonds is 11. The minimum Gasteiger partial charge on any atom is -0.396 e. The highest BCUT2D eigenvalue weighted by Gasteiger charge is 2.24. The normalized spacial score (nSPS) is 13.9. The van der Waals surface area contributed by atoms with Gasteiger partial charge in [0.2, 0.25) is 10.0 Å². The summed E-state index contributed by atoms with van der Waals surface area (Å²) in [4.78, 5) is 4.84. The van der Waals surface area contributed by atoms with Crippen molar-refractivity contribution in [3.8, 4) is 0 Å². The van der Waals surface area contributed by atoms with Crippen molar-refractivity contribution in [3.05, 3.63) is 29.8 Å². The molecule has 0 radical (unpaired) electrons. The van der Waals surface area contributed by atoms with Gasteiger partial charge < -0.3 is 15.7 Å². The number of nitrogens with one attached hydrogen (secondary N) is 3. The maximum absolute atomic E-state index is 12.8. The summed E-state index contributed by atoms with van der Waals surface area (Å²) in [5.41, 5.74) is 0.0779. The zero-order chi connectivity index (χ0) is 21.9. The molecule has 0 fully saturated rings. The quantitative estimate of drug-likeness (QED) is 0.322. The molecule has 0 amide bonds. The van der Waals surface area contributed by atoms with Crippen molar-refractivity contribution >= 4 is 16.0 Å². The summed E-state index contributed by atoms with van der Waals surface area (Å²) in [6.07, 6.45) is 2.85. The van der Waals surface area contributed by atoms with Crippen LogP contribution in [0.4, 0.5) is 0 Å². The zero-order valence-electron chi connectivity index (χ0n) is 18.5. The van der Waals surface area contributed by atoms with Crippen molar-refractivity contribution in [1.82, 2.24) is 15.4 Å². The van der Waals surface area contributed by atoms with Gasteiger partial charge in [0.15, 0.2) is 5.96 Å². The summed E-state index contributed by atoms with van der Waals surface area (Å²) in [5, 5.41) is 15.8. The summed E-state index contributed by atoms with van der Waals surface area (Å²) in [7, 11) is -3.64. The first-order chi connectivity index (χ1) is 13.6. The Kier molecular flexibility index (Phi) is 10.6. The Morgan fingerprint density at radius 3 is 2.41 bits per heavy atom. The van der Waals surface area contributed by atoms with Crippen molar-refractivity contribution in [1.29, 1.82) is 0 Å². The van der Waals surface area contributed by atoms with Crippen LogP contribution in [-0.4, -0.2) is 44.7 Å². The first-order valence-corrected chi connectivity index (χ1v) is 11.9. The first-order valence-electron chi connectivity index (χ1n) is 10.4. The standard InChI is InChI=1S/C21H38N4O3S/c1-6-10-17(13-14-26)15-23-20(22-7-2)24-16-18-11-8-9-12-19(18)29(27,28)25-21(3,4)5/h8-9,11-12,17,25-26H,6-7,10,13-16H2,1-5H3,(H2,22,23,24). The Labute approximate surface area is 176 Å². The van der Waals surface area contributed by atoms with Crippen LogP contribution in [0.1, 0.15) is 59.4 Å². The Hall–Kier alpha value is -1.64. The molecule has 0 saturated carbocycles. The van der Waals surface area contributed by atoms with E-state index in [1.165, 1.54) is 0 Å². The maximum atomic E-state index is 12.8. The van der Waals surface area contributed by atoms with Crippen LogP contribution in [-0.2, 0) is 16.6 Å². The summed E-state index contributed by atoms with van der Waals surface area (Å²) >= 11 is 0. The van der Waals surface area contributed by atoms with Gasteiger partial charge in [0.05, 0.1) is 11.4 Å². The van der Waals surface area contributed by atoms with Gasteiger partial charge in [0.25, 0.3) is 0 Å². The second-order valence-electron chi connectivity index (χ2n) is 8.21. The molecule has 1 atom stereocenters. The lowest BCUT2D eigenvalue weighted by atomic mass is 10.0. The predicted molar refractivity (Wildman–Crippen MR) is 119 cm³/mol. The number of aliphatic imine (C=N–C) groups is 1. The molecule has 1 aromatic carbocycles. The minimum absolute atomic E-state index is 0.173. The minimum atomic E-state index is -3.64. The smallest absolute Gasteiger partial charge is 0.241 e. The summed E-state index contributed by atoms with van der Waals surface area (Å²) < 4.78 is 28.3. The molecule has 0 heterocycles. The van der Waals surface area contributed by atoms with E-state index in [4.69, 9.17) is 0 Å². The van der Waals surface area contributed by atoms with Crippen LogP contribution in [0.15, 0.2) is 34.2 Å². The average molecular weight is 427 g/mol. The Bertz CT molecular complexity index is 737. The first kappa shape index (κ1) is 25.4.